The summed E-state index contributed by atoms with van der Waals surface area (Å²) in [5.74, 6) is 1.81. The molecule has 0 unspecified atom stereocenters. The van der Waals surface area contributed by atoms with Crippen LogP contribution < -0.4 is 0 Å². The Hall–Kier alpha value is -8.41. The topological polar surface area (TPSA) is 65.0 Å². The Morgan fingerprint density at radius 2 is 0.790 bits per heavy atom. The van der Waals surface area contributed by atoms with E-state index in [-0.39, 0.29) is 0 Å². The van der Waals surface area contributed by atoms with E-state index in [1.165, 1.54) is 16.3 Å². The zero-order valence-corrected chi connectivity index (χ0v) is 33.2. The Labute approximate surface area is 355 Å². The molecule has 5 nitrogen and oxygen atoms in total. The molecule has 0 bridgehead atoms. The van der Waals surface area contributed by atoms with Gasteiger partial charge in [0, 0.05) is 38.2 Å². The van der Waals surface area contributed by atoms with Gasteiger partial charge in [0.1, 0.15) is 22.3 Å². The molecule has 0 spiro atoms. The Morgan fingerprint density at radius 1 is 0.258 bits per heavy atom. The van der Waals surface area contributed by atoms with Crippen LogP contribution in [0.1, 0.15) is 0 Å². The fourth-order valence-electron chi connectivity index (χ4n) is 9.30. The summed E-state index contributed by atoms with van der Waals surface area (Å²) >= 11 is 0. The molecule has 13 rings (SSSR count). The van der Waals surface area contributed by atoms with Gasteiger partial charge in [-0.05, 0) is 97.0 Å². The van der Waals surface area contributed by atoms with E-state index in [1.807, 2.05) is 30.3 Å². The molecule has 5 heteroatoms. The highest BCUT2D eigenvalue weighted by molar-refractivity contribution is 6.15. The molecule has 3 aromatic heterocycles. The van der Waals surface area contributed by atoms with Crippen molar-refractivity contribution in [2.45, 2.75) is 0 Å². The van der Waals surface area contributed by atoms with Crippen molar-refractivity contribution in [2.24, 2.45) is 0 Å². The van der Waals surface area contributed by atoms with E-state index in [2.05, 4.69) is 170 Å². The van der Waals surface area contributed by atoms with Crippen molar-refractivity contribution < 1.29 is 8.83 Å². The van der Waals surface area contributed by atoms with Gasteiger partial charge in [-0.3, -0.25) is 0 Å². The van der Waals surface area contributed by atoms with Crippen molar-refractivity contribution in [3.05, 3.63) is 200 Å². The first kappa shape index (κ1) is 34.5. The molecule has 10 aromatic carbocycles. The zero-order chi connectivity index (χ0) is 40.7. The summed E-state index contributed by atoms with van der Waals surface area (Å²) in [7, 11) is 0. The maximum atomic E-state index is 6.29. The molecule has 0 N–H and O–H groups in total. The predicted octanol–water partition coefficient (Wildman–Crippen LogP) is 15.5. The van der Waals surface area contributed by atoms with Gasteiger partial charge >= 0.3 is 0 Å². The van der Waals surface area contributed by atoms with Gasteiger partial charge in [0.05, 0.1) is 0 Å². The molecule has 288 valence electrons. The first-order valence-corrected chi connectivity index (χ1v) is 20.8. The third-order valence-corrected chi connectivity index (χ3v) is 12.3. The lowest BCUT2D eigenvalue weighted by Crippen LogP contribution is -2.00. The summed E-state index contributed by atoms with van der Waals surface area (Å²) in [6.45, 7) is 0. The molecule has 0 aliphatic rings. The van der Waals surface area contributed by atoms with Gasteiger partial charge in [-0.15, -0.1) is 0 Å². The Kier molecular flexibility index (Phi) is 7.54. The van der Waals surface area contributed by atoms with Crippen LogP contribution in [-0.2, 0) is 0 Å². The average molecular weight is 792 g/mol. The van der Waals surface area contributed by atoms with Crippen LogP contribution in [0, 0.1) is 0 Å². The number of rotatable bonds is 5. The molecule has 0 atom stereocenters. The molecular weight excluding hydrogens is 759 g/mol. The normalized spacial score (nSPS) is 11.9. The molecule has 0 fully saturated rings. The van der Waals surface area contributed by atoms with Crippen LogP contribution in [0.25, 0.3) is 133 Å². The Bertz CT molecular complexity index is 3930. The summed E-state index contributed by atoms with van der Waals surface area (Å²) in [5.41, 5.74) is 10.8. The highest BCUT2D eigenvalue weighted by atomic mass is 16.3. The number of hydrogen-bond acceptors (Lipinski definition) is 5. The predicted molar refractivity (Wildman–Crippen MR) is 254 cm³/mol. The maximum absolute atomic E-state index is 6.29. The minimum absolute atomic E-state index is 0.599. The van der Waals surface area contributed by atoms with E-state index in [0.717, 1.165) is 98.8 Å². The van der Waals surface area contributed by atoms with Crippen LogP contribution in [0.5, 0.6) is 0 Å². The van der Waals surface area contributed by atoms with Gasteiger partial charge in [-0.2, -0.15) is 0 Å². The zero-order valence-electron chi connectivity index (χ0n) is 33.2. The fourth-order valence-corrected chi connectivity index (χ4v) is 9.30. The molecular formula is C57H33N3O2. The number of benzene rings is 10. The minimum atomic E-state index is 0.599. The van der Waals surface area contributed by atoms with Crippen LogP contribution in [0.3, 0.4) is 0 Å². The second-order valence-electron chi connectivity index (χ2n) is 15.9. The summed E-state index contributed by atoms with van der Waals surface area (Å²) in [6, 6.07) is 70.0. The van der Waals surface area contributed by atoms with Gasteiger partial charge in [0.2, 0.25) is 0 Å². The second-order valence-corrected chi connectivity index (χ2v) is 15.9. The van der Waals surface area contributed by atoms with Gasteiger partial charge in [0.25, 0.3) is 0 Å². The molecule has 0 saturated heterocycles. The number of furan rings is 2. The summed E-state index contributed by atoms with van der Waals surface area (Å²) in [5, 5.41) is 11.3. The molecule has 13 aromatic rings. The molecule has 0 amide bonds. The SMILES string of the molecule is c1ccc2c(-c3ccc(-c4nc(-c5ccc6cc7c(cc6c5)oc5ccccc57)nc(-c5ccc6c(-c7cccc8oc9ccccc9c78)cccc6c5)n4)cc3)cccc2c1. The van der Waals surface area contributed by atoms with E-state index >= 15 is 0 Å². The highest BCUT2D eigenvalue weighted by Gasteiger charge is 2.18. The third kappa shape index (κ3) is 5.52. The largest absolute Gasteiger partial charge is 0.456 e. The number of fused-ring (bicyclic) bond motifs is 9. The fraction of sp³-hybridized carbons (Fsp3) is 0. The van der Waals surface area contributed by atoms with Gasteiger partial charge in [0.15, 0.2) is 17.5 Å². The monoisotopic (exact) mass is 791 g/mol. The number of para-hydroxylation sites is 2. The van der Waals surface area contributed by atoms with E-state index in [9.17, 15) is 0 Å². The smallest absolute Gasteiger partial charge is 0.164 e. The number of aromatic nitrogens is 3. The lowest BCUT2D eigenvalue weighted by atomic mass is 9.94. The maximum Gasteiger partial charge on any atom is 0.164 e. The van der Waals surface area contributed by atoms with Crippen molar-refractivity contribution in [2.75, 3.05) is 0 Å². The third-order valence-electron chi connectivity index (χ3n) is 12.3. The summed E-state index contributed by atoms with van der Waals surface area (Å²) < 4.78 is 12.6. The van der Waals surface area contributed by atoms with Gasteiger partial charge in [-0.25, -0.2) is 15.0 Å². The lowest BCUT2D eigenvalue weighted by Gasteiger charge is -2.12. The summed E-state index contributed by atoms with van der Waals surface area (Å²) in [4.78, 5) is 15.6. The molecule has 0 saturated carbocycles. The van der Waals surface area contributed by atoms with Crippen LogP contribution in [0.4, 0.5) is 0 Å². The standard InChI is InChI=1S/C57H33N3O2/c1-2-13-42-34(10-1)11-7-16-43(42)35-22-24-36(25-23-35)55-58-56(39-27-26-37-32-49-46-14-3-5-19-50(46)62-53(49)33-41(37)31-39)60-57(59-55)40-28-29-44-38(30-40)12-8-17-45(44)47-18-9-21-52-54(47)48-15-4-6-20-51(48)61-52/h1-33H. The van der Waals surface area contributed by atoms with Crippen LogP contribution in [0.2, 0.25) is 0 Å². The minimum Gasteiger partial charge on any atom is -0.456 e. The first-order valence-electron chi connectivity index (χ1n) is 20.8. The van der Waals surface area contributed by atoms with Crippen LogP contribution in [-0.4, -0.2) is 15.0 Å². The second kappa shape index (κ2) is 13.6. The van der Waals surface area contributed by atoms with Gasteiger partial charge < -0.3 is 8.83 Å². The van der Waals surface area contributed by atoms with E-state index in [0.29, 0.717) is 17.5 Å². The first-order chi connectivity index (χ1) is 30.7. The summed E-state index contributed by atoms with van der Waals surface area (Å²) in [6.07, 6.45) is 0. The van der Waals surface area contributed by atoms with Crippen molar-refractivity contribution in [1.82, 2.24) is 15.0 Å². The molecule has 0 aliphatic carbocycles. The van der Waals surface area contributed by atoms with E-state index in [1.54, 1.807) is 0 Å². The van der Waals surface area contributed by atoms with Crippen LogP contribution in [0.15, 0.2) is 209 Å². The van der Waals surface area contributed by atoms with Crippen LogP contribution >= 0.6 is 0 Å². The van der Waals surface area contributed by atoms with Crippen molar-refractivity contribution in [1.29, 1.82) is 0 Å². The Morgan fingerprint density at radius 3 is 1.61 bits per heavy atom. The number of hydrogen-bond donors (Lipinski definition) is 0. The molecule has 0 radical (unpaired) electrons. The van der Waals surface area contributed by atoms with Gasteiger partial charge in [-0.1, -0.05) is 158 Å². The average Bonchev–Trinajstić information content (AvgIpc) is 3.90. The lowest BCUT2D eigenvalue weighted by molar-refractivity contribution is 0.669. The molecule has 3 heterocycles. The van der Waals surface area contributed by atoms with Crippen molar-refractivity contribution in [3.8, 4) is 56.4 Å². The quantitative estimate of drug-likeness (QED) is 0.174. The number of nitrogens with zero attached hydrogens (tertiary/aromatic N) is 3. The highest BCUT2D eigenvalue weighted by Crippen LogP contribution is 2.41. The Balaban J connectivity index is 0.958. The van der Waals surface area contributed by atoms with Crippen molar-refractivity contribution >= 4 is 76.2 Å². The molecule has 62 heavy (non-hydrogen) atoms. The van der Waals surface area contributed by atoms with E-state index in [4.69, 9.17) is 23.8 Å². The van der Waals surface area contributed by atoms with Crippen molar-refractivity contribution in [3.63, 3.8) is 0 Å². The van der Waals surface area contributed by atoms with E-state index < -0.39 is 0 Å². The molecule has 0 aliphatic heterocycles.